The van der Waals surface area contributed by atoms with Crippen LogP contribution in [0.25, 0.3) is 0 Å². The maximum atomic E-state index is 7.66. The predicted molar refractivity (Wildman–Crippen MR) is 81.0 cm³/mol. The predicted octanol–water partition coefficient (Wildman–Crippen LogP) is 3.53. The van der Waals surface area contributed by atoms with Gasteiger partial charge in [-0.25, -0.2) is 0 Å². The molecule has 0 atom stereocenters. The molecule has 0 spiro atoms. The van der Waals surface area contributed by atoms with Crippen molar-refractivity contribution >= 4 is 29.0 Å². The second-order valence-electron chi connectivity index (χ2n) is 5.49. The minimum atomic E-state index is -0.144. The SMILES string of the molecule is CC1(C(=N)N)CCN(Cc2cc(Cl)ccc2Cl)CC1. The lowest BCUT2D eigenvalue weighted by Crippen LogP contribution is -2.44. The first kappa shape index (κ1) is 14.6. The monoisotopic (exact) mass is 299 g/mol. The number of halogens is 2. The van der Waals surface area contributed by atoms with Gasteiger partial charge < -0.3 is 5.73 Å². The summed E-state index contributed by atoms with van der Waals surface area (Å²) >= 11 is 12.2. The van der Waals surface area contributed by atoms with Crippen LogP contribution in [0.1, 0.15) is 25.3 Å². The van der Waals surface area contributed by atoms with Crippen LogP contribution in [0.5, 0.6) is 0 Å². The van der Waals surface area contributed by atoms with Crippen molar-refractivity contribution in [1.82, 2.24) is 4.90 Å². The molecule has 2 rings (SSSR count). The Balaban J connectivity index is 1.99. The fourth-order valence-electron chi connectivity index (χ4n) is 2.38. The van der Waals surface area contributed by atoms with Crippen molar-refractivity contribution in [2.45, 2.75) is 26.3 Å². The highest BCUT2D eigenvalue weighted by Gasteiger charge is 2.32. The number of nitrogens with two attached hydrogens (primary N) is 1. The average molecular weight is 300 g/mol. The highest BCUT2D eigenvalue weighted by atomic mass is 35.5. The van der Waals surface area contributed by atoms with E-state index in [2.05, 4.69) is 11.8 Å². The normalized spacial score (nSPS) is 19.3. The van der Waals surface area contributed by atoms with Gasteiger partial charge in [0.2, 0.25) is 0 Å². The molecule has 104 valence electrons. The number of benzene rings is 1. The number of amidine groups is 1. The van der Waals surface area contributed by atoms with E-state index in [1.165, 1.54) is 0 Å². The van der Waals surface area contributed by atoms with Crippen LogP contribution < -0.4 is 5.73 Å². The Bertz CT molecular complexity index is 480. The zero-order valence-corrected chi connectivity index (χ0v) is 12.6. The molecule has 19 heavy (non-hydrogen) atoms. The minimum absolute atomic E-state index is 0.144. The Kier molecular flexibility index (Phi) is 4.39. The van der Waals surface area contributed by atoms with Crippen molar-refractivity contribution < 1.29 is 0 Å². The largest absolute Gasteiger partial charge is 0.387 e. The van der Waals surface area contributed by atoms with Gasteiger partial charge in [0.1, 0.15) is 0 Å². The van der Waals surface area contributed by atoms with Crippen LogP contribution in [0.4, 0.5) is 0 Å². The van der Waals surface area contributed by atoms with Crippen LogP contribution in [-0.2, 0) is 6.54 Å². The standard InChI is InChI=1S/C14H19Cl2N3/c1-14(13(17)18)4-6-19(7-5-14)9-10-8-11(15)2-3-12(10)16/h2-3,8H,4-7,9H2,1H3,(H3,17,18). The van der Waals surface area contributed by atoms with Crippen molar-refractivity contribution in [3.05, 3.63) is 33.8 Å². The van der Waals surface area contributed by atoms with Crippen LogP contribution in [0.15, 0.2) is 18.2 Å². The molecule has 0 amide bonds. The minimum Gasteiger partial charge on any atom is -0.387 e. The second-order valence-corrected chi connectivity index (χ2v) is 6.33. The third kappa shape index (κ3) is 3.41. The van der Waals surface area contributed by atoms with E-state index in [0.717, 1.165) is 43.1 Å². The molecule has 5 heteroatoms. The molecule has 0 aliphatic carbocycles. The summed E-state index contributed by atoms with van der Waals surface area (Å²) in [7, 11) is 0. The van der Waals surface area contributed by atoms with Crippen LogP contribution in [0.3, 0.4) is 0 Å². The molecule has 1 aromatic carbocycles. The van der Waals surface area contributed by atoms with Crippen LogP contribution >= 0.6 is 23.2 Å². The number of likely N-dealkylation sites (tertiary alicyclic amines) is 1. The fourth-order valence-corrected chi connectivity index (χ4v) is 2.75. The second kappa shape index (κ2) is 5.70. The molecule has 3 N–H and O–H groups in total. The number of hydrogen-bond acceptors (Lipinski definition) is 2. The summed E-state index contributed by atoms with van der Waals surface area (Å²) in [5.74, 6) is 0.299. The Morgan fingerprint density at radius 2 is 2.00 bits per heavy atom. The summed E-state index contributed by atoms with van der Waals surface area (Å²) < 4.78 is 0. The molecule has 1 fully saturated rings. The Morgan fingerprint density at radius 1 is 1.37 bits per heavy atom. The van der Waals surface area contributed by atoms with Gasteiger partial charge in [0.15, 0.2) is 0 Å². The number of hydrogen-bond donors (Lipinski definition) is 2. The van der Waals surface area contributed by atoms with E-state index in [9.17, 15) is 0 Å². The topological polar surface area (TPSA) is 53.1 Å². The molecule has 3 nitrogen and oxygen atoms in total. The number of rotatable bonds is 3. The molecular weight excluding hydrogens is 281 g/mol. The van der Waals surface area contributed by atoms with Crippen molar-refractivity contribution in [2.75, 3.05) is 13.1 Å². The molecule has 0 aromatic heterocycles. The van der Waals surface area contributed by atoms with E-state index >= 15 is 0 Å². The molecule has 0 saturated carbocycles. The third-order valence-electron chi connectivity index (χ3n) is 4.01. The van der Waals surface area contributed by atoms with E-state index in [4.69, 9.17) is 34.3 Å². The fraction of sp³-hybridized carbons (Fsp3) is 0.500. The molecule has 1 aliphatic rings. The van der Waals surface area contributed by atoms with Gasteiger partial charge in [0, 0.05) is 22.0 Å². The number of nitrogens with zero attached hydrogens (tertiary/aromatic N) is 1. The first-order chi connectivity index (χ1) is 8.90. The lowest BCUT2D eigenvalue weighted by Gasteiger charge is -2.38. The zero-order valence-electron chi connectivity index (χ0n) is 11.0. The smallest absolute Gasteiger partial charge is 0.0966 e. The number of piperidine rings is 1. The quantitative estimate of drug-likeness (QED) is 0.663. The summed E-state index contributed by atoms with van der Waals surface area (Å²) in [6.07, 6.45) is 1.83. The van der Waals surface area contributed by atoms with E-state index in [0.29, 0.717) is 10.9 Å². The van der Waals surface area contributed by atoms with Crippen molar-refractivity contribution in [1.29, 1.82) is 5.41 Å². The average Bonchev–Trinajstić information content (AvgIpc) is 2.36. The first-order valence-corrected chi connectivity index (χ1v) is 7.17. The van der Waals surface area contributed by atoms with E-state index in [1.54, 1.807) is 6.07 Å². The highest BCUT2D eigenvalue weighted by Crippen LogP contribution is 2.32. The molecule has 0 unspecified atom stereocenters. The highest BCUT2D eigenvalue weighted by molar-refractivity contribution is 6.33. The van der Waals surface area contributed by atoms with Gasteiger partial charge >= 0.3 is 0 Å². The summed E-state index contributed by atoms with van der Waals surface area (Å²) in [6.45, 7) is 4.73. The Hall–Kier alpha value is -0.770. The van der Waals surface area contributed by atoms with E-state index in [-0.39, 0.29) is 5.41 Å². The molecular formula is C14H19Cl2N3. The van der Waals surface area contributed by atoms with Crippen molar-refractivity contribution in [3.8, 4) is 0 Å². The van der Waals surface area contributed by atoms with Crippen LogP contribution in [0.2, 0.25) is 10.0 Å². The molecule has 1 aromatic rings. The van der Waals surface area contributed by atoms with Crippen LogP contribution in [-0.4, -0.2) is 23.8 Å². The molecule has 1 heterocycles. The van der Waals surface area contributed by atoms with Gasteiger partial charge in [-0.1, -0.05) is 30.1 Å². The van der Waals surface area contributed by atoms with Gasteiger partial charge in [-0.3, -0.25) is 10.3 Å². The van der Waals surface area contributed by atoms with Gasteiger partial charge in [-0.2, -0.15) is 0 Å². The summed E-state index contributed by atoms with van der Waals surface area (Å²) in [6, 6.07) is 5.56. The van der Waals surface area contributed by atoms with Gasteiger partial charge in [0.05, 0.1) is 5.84 Å². The van der Waals surface area contributed by atoms with Crippen molar-refractivity contribution in [2.24, 2.45) is 11.1 Å². The number of nitrogens with one attached hydrogen (secondary N) is 1. The van der Waals surface area contributed by atoms with Gasteiger partial charge in [-0.15, -0.1) is 0 Å². The molecule has 0 bridgehead atoms. The lowest BCUT2D eigenvalue weighted by molar-refractivity contribution is 0.156. The van der Waals surface area contributed by atoms with E-state index in [1.807, 2.05) is 12.1 Å². The van der Waals surface area contributed by atoms with Gasteiger partial charge in [-0.05, 0) is 49.7 Å². The van der Waals surface area contributed by atoms with Crippen LogP contribution in [0, 0.1) is 10.8 Å². The molecule has 1 saturated heterocycles. The Labute approximate surface area is 124 Å². The molecule has 1 aliphatic heterocycles. The lowest BCUT2D eigenvalue weighted by atomic mass is 9.79. The van der Waals surface area contributed by atoms with Gasteiger partial charge in [0.25, 0.3) is 0 Å². The molecule has 0 radical (unpaired) electrons. The maximum Gasteiger partial charge on any atom is 0.0966 e. The third-order valence-corrected chi connectivity index (χ3v) is 4.62. The van der Waals surface area contributed by atoms with E-state index < -0.39 is 0 Å². The maximum absolute atomic E-state index is 7.66. The summed E-state index contributed by atoms with van der Waals surface area (Å²) in [5.41, 5.74) is 6.58. The van der Waals surface area contributed by atoms with Crippen molar-refractivity contribution in [3.63, 3.8) is 0 Å². The zero-order chi connectivity index (χ0) is 14.0. The summed E-state index contributed by atoms with van der Waals surface area (Å²) in [4.78, 5) is 2.34. The Morgan fingerprint density at radius 3 is 2.58 bits per heavy atom. The summed E-state index contributed by atoms with van der Waals surface area (Å²) in [5, 5.41) is 9.12. The first-order valence-electron chi connectivity index (χ1n) is 6.41.